The molecule has 2 heterocycles. The maximum atomic E-state index is 14.0. The molecule has 0 aliphatic carbocycles. The van der Waals surface area contributed by atoms with Crippen LogP contribution in [-0.2, 0) is 25.8 Å². The Kier molecular flexibility index (Phi) is 8.35. The van der Waals surface area contributed by atoms with Crippen LogP contribution in [0.4, 0.5) is 8.78 Å². The second-order valence-electron chi connectivity index (χ2n) is 10.2. The van der Waals surface area contributed by atoms with E-state index in [2.05, 4.69) is 41.5 Å². The Hall–Kier alpha value is -3.20. The molecule has 0 radical (unpaired) electrons. The molecule has 1 aliphatic rings. The van der Waals surface area contributed by atoms with Crippen LogP contribution in [0.5, 0.6) is 0 Å². The molecule has 5 nitrogen and oxygen atoms in total. The summed E-state index contributed by atoms with van der Waals surface area (Å²) in [5.74, 6) is -1.39. The summed E-state index contributed by atoms with van der Waals surface area (Å²) in [6, 6.07) is 16.8. The van der Waals surface area contributed by atoms with Gasteiger partial charge in [-0.2, -0.15) is 11.8 Å². The average molecular weight is 550 g/mol. The second-order valence-corrected chi connectivity index (χ2v) is 11.5. The monoisotopic (exact) mass is 549 g/mol. The number of benzene rings is 3. The van der Waals surface area contributed by atoms with Crippen LogP contribution in [0.15, 0.2) is 60.7 Å². The molecule has 8 heteroatoms. The molecule has 3 atom stereocenters. The fourth-order valence-corrected chi connectivity index (χ4v) is 7.17. The molecule has 4 aromatic rings. The number of aromatic amines is 1. The third-order valence-electron chi connectivity index (χ3n) is 7.54. The van der Waals surface area contributed by atoms with Crippen LogP contribution >= 0.6 is 11.8 Å². The van der Waals surface area contributed by atoms with E-state index in [1.54, 1.807) is 12.1 Å². The molecular weight excluding hydrogens is 516 g/mol. The van der Waals surface area contributed by atoms with Crippen molar-refractivity contribution in [3.63, 3.8) is 0 Å². The van der Waals surface area contributed by atoms with E-state index in [0.717, 1.165) is 46.8 Å². The number of nitrogens with one attached hydrogen (secondary N) is 2. The molecule has 5 rings (SSSR count). The number of aromatic carboxylic acids is 1. The lowest BCUT2D eigenvalue weighted by molar-refractivity contribution is 0.0697. The highest BCUT2D eigenvalue weighted by molar-refractivity contribution is 7.99. The zero-order valence-electron chi connectivity index (χ0n) is 21.8. The lowest BCUT2D eigenvalue weighted by atomic mass is 9.86. The van der Waals surface area contributed by atoms with E-state index in [1.165, 1.54) is 23.3 Å². The van der Waals surface area contributed by atoms with Crippen LogP contribution < -0.4 is 11.1 Å². The number of carboxylic acid groups (broad SMARTS) is 1. The predicted octanol–water partition coefficient (Wildman–Crippen LogP) is 6.01. The quantitative estimate of drug-likeness (QED) is 0.194. The first-order chi connectivity index (χ1) is 18.8. The Bertz CT molecular complexity index is 1470. The van der Waals surface area contributed by atoms with Gasteiger partial charge in [0.1, 0.15) is 11.6 Å². The summed E-state index contributed by atoms with van der Waals surface area (Å²) in [4.78, 5) is 15.2. The van der Waals surface area contributed by atoms with Crippen LogP contribution in [0.2, 0.25) is 0 Å². The number of fused-ring (bicyclic) bond motifs is 3. The van der Waals surface area contributed by atoms with Crippen molar-refractivity contribution >= 4 is 28.6 Å². The first-order valence-corrected chi connectivity index (χ1v) is 14.4. The van der Waals surface area contributed by atoms with Crippen molar-refractivity contribution in [2.75, 3.05) is 12.3 Å². The topological polar surface area (TPSA) is 91.1 Å². The minimum Gasteiger partial charge on any atom is -0.478 e. The van der Waals surface area contributed by atoms with E-state index < -0.39 is 23.6 Å². The summed E-state index contributed by atoms with van der Waals surface area (Å²) in [6.07, 6.45) is 2.13. The summed E-state index contributed by atoms with van der Waals surface area (Å²) in [6.45, 7) is 3.40. The van der Waals surface area contributed by atoms with Gasteiger partial charge < -0.3 is 21.1 Å². The predicted molar refractivity (Wildman–Crippen MR) is 153 cm³/mol. The maximum absolute atomic E-state index is 14.0. The van der Waals surface area contributed by atoms with E-state index in [-0.39, 0.29) is 16.7 Å². The normalized spacial score (nSPS) is 16.7. The number of carbonyl (C=O) groups is 1. The van der Waals surface area contributed by atoms with Crippen molar-refractivity contribution in [2.24, 2.45) is 11.7 Å². The number of H-pyrrole nitrogens is 1. The molecule has 0 bridgehead atoms. The van der Waals surface area contributed by atoms with Crippen molar-refractivity contribution in [3.8, 4) is 0 Å². The fourth-order valence-electron chi connectivity index (χ4n) is 5.61. The standard InChI is InChI=1S/C31H33F2N3O2S/c1-2-18-4-3-5-19(10-18)16-35-17-25(26(34)13-20-11-22(32)15-23(33)12-20)30-29-24-14-21(31(37)38)6-7-27(24)36-28(29)8-9-39-30/h3-7,10-12,14-15,25-26,30,35-36H,2,8-9,13,16-17,34H2,1H3,(H,37,38)/t25?,26-,30+/m0/s1. The number of thioether (sulfide) groups is 1. The smallest absolute Gasteiger partial charge is 0.335 e. The van der Waals surface area contributed by atoms with E-state index in [4.69, 9.17) is 5.73 Å². The van der Waals surface area contributed by atoms with Gasteiger partial charge in [0.15, 0.2) is 0 Å². The van der Waals surface area contributed by atoms with E-state index >= 15 is 0 Å². The number of hydrogen-bond donors (Lipinski definition) is 4. The van der Waals surface area contributed by atoms with Gasteiger partial charge in [0.05, 0.1) is 5.56 Å². The summed E-state index contributed by atoms with van der Waals surface area (Å²) in [5, 5.41) is 14.1. The van der Waals surface area contributed by atoms with Crippen molar-refractivity contribution in [1.82, 2.24) is 10.3 Å². The minimum absolute atomic E-state index is 0.0190. The SMILES string of the molecule is CCc1cccc(CNCC([C@@H](N)Cc2cc(F)cc(F)c2)[C@H]2SCCc3[nH]c4ccc(C(=O)O)cc4c32)c1. The first-order valence-electron chi connectivity index (χ1n) is 13.3. The molecule has 1 unspecified atom stereocenters. The van der Waals surface area contributed by atoms with Gasteiger partial charge in [-0.1, -0.05) is 31.2 Å². The molecule has 0 saturated carbocycles. The summed E-state index contributed by atoms with van der Waals surface area (Å²) >= 11 is 1.81. The van der Waals surface area contributed by atoms with Crippen LogP contribution in [-0.4, -0.2) is 34.4 Å². The Morgan fingerprint density at radius 3 is 2.62 bits per heavy atom. The maximum Gasteiger partial charge on any atom is 0.335 e. The lowest BCUT2D eigenvalue weighted by Gasteiger charge is -2.35. The molecule has 3 aromatic carbocycles. The van der Waals surface area contributed by atoms with Gasteiger partial charge in [0.2, 0.25) is 0 Å². The highest BCUT2D eigenvalue weighted by Crippen LogP contribution is 2.46. The molecule has 0 fully saturated rings. The molecule has 0 saturated heterocycles. The van der Waals surface area contributed by atoms with Crippen molar-refractivity contribution in [3.05, 3.63) is 106 Å². The van der Waals surface area contributed by atoms with Gasteiger partial charge in [0.25, 0.3) is 0 Å². The summed E-state index contributed by atoms with van der Waals surface area (Å²) in [5.41, 5.74) is 13.2. The van der Waals surface area contributed by atoms with Crippen molar-refractivity contribution in [2.45, 2.75) is 44.0 Å². The molecule has 1 aliphatic heterocycles. The molecule has 0 amide bonds. The van der Waals surface area contributed by atoms with Gasteiger partial charge in [-0.15, -0.1) is 0 Å². The fraction of sp³-hybridized carbons (Fsp3) is 0.323. The molecule has 39 heavy (non-hydrogen) atoms. The Morgan fingerprint density at radius 2 is 1.87 bits per heavy atom. The van der Waals surface area contributed by atoms with Crippen LogP contribution in [0, 0.1) is 17.6 Å². The van der Waals surface area contributed by atoms with Crippen LogP contribution in [0.1, 0.15) is 50.5 Å². The summed E-state index contributed by atoms with van der Waals surface area (Å²) < 4.78 is 27.9. The Morgan fingerprint density at radius 1 is 1.10 bits per heavy atom. The zero-order valence-corrected chi connectivity index (χ0v) is 22.7. The number of hydrogen-bond acceptors (Lipinski definition) is 4. The van der Waals surface area contributed by atoms with Gasteiger partial charge in [0, 0.05) is 53.0 Å². The number of rotatable bonds is 10. The zero-order chi connectivity index (χ0) is 27.5. The van der Waals surface area contributed by atoms with E-state index in [0.29, 0.717) is 25.1 Å². The van der Waals surface area contributed by atoms with Crippen LogP contribution in [0.25, 0.3) is 10.9 Å². The minimum atomic E-state index is -0.968. The van der Waals surface area contributed by atoms with E-state index in [1.807, 2.05) is 17.8 Å². The largest absolute Gasteiger partial charge is 0.478 e. The molecule has 204 valence electrons. The third kappa shape index (κ3) is 6.19. The first kappa shape index (κ1) is 27.4. The molecule has 0 spiro atoms. The van der Waals surface area contributed by atoms with Crippen molar-refractivity contribution in [1.29, 1.82) is 0 Å². The number of halogens is 2. The molecule has 5 N–H and O–H groups in total. The number of nitrogens with two attached hydrogens (primary N) is 1. The number of carboxylic acids is 1. The average Bonchev–Trinajstić information content (AvgIpc) is 3.29. The molecule has 1 aromatic heterocycles. The van der Waals surface area contributed by atoms with Gasteiger partial charge in [-0.05, 0) is 77.6 Å². The number of aromatic nitrogens is 1. The summed E-state index contributed by atoms with van der Waals surface area (Å²) in [7, 11) is 0. The van der Waals surface area contributed by atoms with Crippen molar-refractivity contribution < 1.29 is 18.7 Å². The lowest BCUT2D eigenvalue weighted by Crippen LogP contribution is -2.42. The van der Waals surface area contributed by atoms with Gasteiger partial charge in [-0.3, -0.25) is 0 Å². The highest BCUT2D eigenvalue weighted by Gasteiger charge is 2.35. The molecular formula is C31H33F2N3O2S. The highest BCUT2D eigenvalue weighted by atomic mass is 32.2. The van der Waals surface area contributed by atoms with Gasteiger partial charge in [-0.25, -0.2) is 13.6 Å². The van der Waals surface area contributed by atoms with Crippen LogP contribution in [0.3, 0.4) is 0 Å². The number of aryl methyl sites for hydroxylation is 2. The van der Waals surface area contributed by atoms with E-state index in [9.17, 15) is 18.7 Å². The third-order valence-corrected chi connectivity index (χ3v) is 8.93. The Labute approximate surface area is 231 Å². The Balaban J connectivity index is 1.47. The van der Waals surface area contributed by atoms with Gasteiger partial charge >= 0.3 is 5.97 Å². The second kappa shape index (κ2) is 11.9.